The number of halogens is 1. The molecule has 0 fully saturated rings. The van der Waals surface area contributed by atoms with Gasteiger partial charge in [0.1, 0.15) is 0 Å². The van der Waals surface area contributed by atoms with Gasteiger partial charge in [-0.25, -0.2) is 0 Å². The van der Waals surface area contributed by atoms with Crippen LogP contribution in [0, 0.1) is 13.8 Å². The maximum absolute atomic E-state index is 12.4. The van der Waals surface area contributed by atoms with Crippen molar-refractivity contribution < 1.29 is 4.79 Å². The molecule has 0 unspecified atom stereocenters. The van der Waals surface area contributed by atoms with Crippen molar-refractivity contribution in [2.45, 2.75) is 43.9 Å². The van der Waals surface area contributed by atoms with Gasteiger partial charge >= 0.3 is 0 Å². The molecule has 0 saturated carbocycles. The number of carbonyl (C=O) groups is 1. The standard InChI is InChI=1S/C19H22ClNOS/c1-12-5-6-16(11-13(12)2)14(3)21-19(22)15(4)23-18-9-7-17(20)8-10-18/h5-11,14-15H,1-4H3,(H,21,22)/t14-,15+/m1/s1. The molecular formula is C19H22ClNOS. The average Bonchev–Trinajstić information content (AvgIpc) is 2.52. The van der Waals surface area contributed by atoms with Crippen LogP contribution in [0.2, 0.25) is 5.02 Å². The maximum atomic E-state index is 12.4. The lowest BCUT2D eigenvalue weighted by Crippen LogP contribution is -2.33. The Morgan fingerprint density at radius 3 is 2.30 bits per heavy atom. The highest BCUT2D eigenvalue weighted by Gasteiger charge is 2.17. The largest absolute Gasteiger partial charge is 0.349 e. The average molecular weight is 348 g/mol. The minimum absolute atomic E-state index is 0.00457. The van der Waals surface area contributed by atoms with Crippen LogP contribution < -0.4 is 5.32 Å². The van der Waals surface area contributed by atoms with Crippen LogP contribution in [0.5, 0.6) is 0 Å². The molecule has 0 spiro atoms. The number of rotatable bonds is 5. The molecule has 2 rings (SSSR count). The van der Waals surface area contributed by atoms with Crippen LogP contribution in [-0.2, 0) is 4.79 Å². The molecule has 122 valence electrons. The predicted octanol–water partition coefficient (Wildman–Crippen LogP) is 5.31. The topological polar surface area (TPSA) is 29.1 Å². The van der Waals surface area contributed by atoms with Crippen molar-refractivity contribution in [3.05, 3.63) is 64.2 Å². The number of hydrogen-bond acceptors (Lipinski definition) is 2. The van der Waals surface area contributed by atoms with Gasteiger partial charge in [-0.2, -0.15) is 0 Å². The number of amides is 1. The number of hydrogen-bond donors (Lipinski definition) is 1. The van der Waals surface area contributed by atoms with E-state index in [0.29, 0.717) is 5.02 Å². The molecule has 2 nitrogen and oxygen atoms in total. The van der Waals surface area contributed by atoms with E-state index in [-0.39, 0.29) is 17.2 Å². The van der Waals surface area contributed by atoms with E-state index in [1.807, 2.05) is 38.1 Å². The van der Waals surface area contributed by atoms with Crippen LogP contribution in [-0.4, -0.2) is 11.2 Å². The second-order valence-electron chi connectivity index (χ2n) is 5.79. The number of benzene rings is 2. The quantitative estimate of drug-likeness (QED) is 0.742. The molecule has 23 heavy (non-hydrogen) atoms. The maximum Gasteiger partial charge on any atom is 0.233 e. The Kier molecular flexibility index (Phi) is 6.14. The Bertz CT molecular complexity index is 684. The van der Waals surface area contributed by atoms with Gasteiger partial charge in [-0.1, -0.05) is 29.8 Å². The summed E-state index contributed by atoms with van der Waals surface area (Å²) in [4.78, 5) is 13.4. The van der Waals surface area contributed by atoms with E-state index in [2.05, 4.69) is 37.4 Å². The third-order valence-electron chi connectivity index (χ3n) is 3.89. The zero-order valence-corrected chi connectivity index (χ0v) is 15.5. The number of carbonyl (C=O) groups excluding carboxylic acids is 1. The summed E-state index contributed by atoms with van der Waals surface area (Å²) in [5, 5.41) is 3.63. The Morgan fingerprint density at radius 1 is 1.04 bits per heavy atom. The Balaban J connectivity index is 1.96. The van der Waals surface area contributed by atoms with Crippen LogP contribution in [0.1, 0.15) is 36.6 Å². The molecule has 2 aromatic carbocycles. The van der Waals surface area contributed by atoms with Gasteiger partial charge in [-0.15, -0.1) is 11.8 Å². The van der Waals surface area contributed by atoms with E-state index >= 15 is 0 Å². The summed E-state index contributed by atoms with van der Waals surface area (Å²) in [5.74, 6) is 0.0377. The fourth-order valence-electron chi connectivity index (χ4n) is 2.22. The van der Waals surface area contributed by atoms with E-state index in [0.717, 1.165) is 10.5 Å². The first-order valence-electron chi connectivity index (χ1n) is 7.66. The molecule has 2 aromatic rings. The number of thioether (sulfide) groups is 1. The minimum Gasteiger partial charge on any atom is -0.349 e. The fraction of sp³-hybridized carbons (Fsp3) is 0.316. The summed E-state index contributed by atoms with van der Waals surface area (Å²) >= 11 is 7.42. The van der Waals surface area contributed by atoms with Gasteiger partial charge in [0.2, 0.25) is 5.91 Å². The van der Waals surface area contributed by atoms with E-state index in [4.69, 9.17) is 11.6 Å². The lowest BCUT2D eigenvalue weighted by molar-refractivity contribution is -0.120. The summed E-state index contributed by atoms with van der Waals surface area (Å²) in [5.41, 5.74) is 3.64. The molecule has 2 atom stereocenters. The Morgan fingerprint density at radius 2 is 1.70 bits per heavy atom. The van der Waals surface area contributed by atoms with E-state index in [1.54, 1.807) is 0 Å². The minimum atomic E-state index is -0.162. The van der Waals surface area contributed by atoms with E-state index < -0.39 is 0 Å². The molecule has 0 heterocycles. The van der Waals surface area contributed by atoms with Gasteiger partial charge in [-0.05, 0) is 68.7 Å². The van der Waals surface area contributed by atoms with Gasteiger partial charge in [0.25, 0.3) is 0 Å². The van der Waals surface area contributed by atoms with Gasteiger partial charge < -0.3 is 5.32 Å². The molecule has 0 bridgehead atoms. The van der Waals surface area contributed by atoms with E-state index in [9.17, 15) is 4.79 Å². The molecule has 0 saturated heterocycles. The van der Waals surface area contributed by atoms with Crippen LogP contribution in [0.25, 0.3) is 0 Å². The van der Waals surface area contributed by atoms with Crippen molar-refractivity contribution >= 4 is 29.3 Å². The smallest absolute Gasteiger partial charge is 0.233 e. The van der Waals surface area contributed by atoms with Crippen LogP contribution >= 0.6 is 23.4 Å². The predicted molar refractivity (Wildman–Crippen MR) is 99.2 cm³/mol. The second-order valence-corrected chi connectivity index (χ2v) is 7.64. The normalized spacial score (nSPS) is 13.4. The van der Waals surface area contributed by atoms with Gasteiger partial charge in [0.15, 0.2) is 0 Å². The molecule has 0 aliphatic rings. The van der Waals surface area contributed by atoms with Crippen molar-refractivity contribution in [2.24, 2.45) is 0 Å². The summed E-state index contributed by atoms with van der Waals surface area (Å²) in [6.45, 7) is 8.11. The van der Waals surface area contributed by atoms with Crippen molar-refractivity contribution in [2.75, 3.05) is 0 Å². The SMILES string of the molecule is Cc1ccc([C@@H](C)NC(=O)[C@H](C)Sc2ccc(Cl)cc2)cc1C. The molecule has 0 aliphatic carbocycles. The van der Waals surface area contributed by atoms with Gasteiger partial charge in [0, 0.05) is 9.92 Å². The van der Waals surface area contributed by atoms with Crippen molar-refractivity contribution in [1.29, 1.82) is 0 Å². The third kappa shape index (κ3) is 5.02. The molecule has 0 aromatic heterocycles. The van der Waals surface area contributed by atoms with Gasteiger partial charge in [0.05, 0.1) is 11.3 Å². The first-order chi connectivity index (χ1) is 10.9. The summed E-state index contributed by atoms with van der Waals surface area (Å²) < 4.78 is 0. The van der Waals surface area contributed by atoms with Crippen LogP contribution in [0.4, 0.5) is 0 Å². The first kappa shape index (κ1) is 17.9. The van der Waals surface area contributed by atoms with E-state index in [1.165, 1.54) is 22.9 Å². The highest BCUT2D eigenvalue weighted by Crippen LogP contribution is 2.25. The Labute approximate surface area is 147 Å². The molecule has 0 aliphatic heterocycles. The highest BCUT2D eigenvalue weighted by atomic mass is 35.5. The molecule has 4 heteroatoms. The summed E-state index contributed by atoms with van der Waals surface area (Å²) in [6, 6.07) is 13.8. The van der Waals surface area contributed by atoms with Gasteiger partial charge in [-0.3, -0.25) is 4.79 Å². The molecule has 0 radical (unpaired) electrons. The lowest BCUT2D eigenvalue weighted by atomic mass is 10.0. The third-order valence-corrected chi connectivity index (χ3v) is 5.25. The zero-order chi connectivity index (χ0) is 17.0. The monoisotopic (exact) mass is 347 g/mol. The second kappa shape index (κ2) is 7.89. The number of nitrogens with one attached hydrogen (secondary N) is 1. The summed E-state index contributed by atoms with van der Waals surface area (Å²) in [7, 11) is 0. The highest BCUT2D eigenvalue weighted by molar-refractivity contribution is 8.00. The zero-order valence-electron chi connectivity index (χ0n) is 13.9. The summed E-state index contributed by atoms with van der Waals surface area (Å²) in [6.07, 6.45) is 0. The van der Waals surface area contributed by atoms with Crippen molar-refractivity contribution in [1.82, 2.24) is 5.32 Å². The molecule has 1 amide bonds. The van der Waals surface area contributed by atoms with Crippen molar-refractivity contribution in [3.8, 4) is 0 Å². The lowest BCUT2D eigenvalue weighted by Gasteiger charge is -2.18. The molecule has 1 N–H and O–H groups in total. The van der Waals surface area contributed by atoms with Crippen LogP contribution in [0.15, 0.2) is 47.4 Å². The fourth-order valence-corrected chi connectivity index (χ4v) is 3.22. The Hall–Kier alpha value is -1.45. The van der Waals surface area contributed by atoms with Crippen molar-refractivity contribution in [3.63, 3.8) is 0 Å². The number of aryl methyl sites for hydroxylation is 2. The first-order valence-corrected chi connectivity index (χ1v) is 8.92. The van der Waals surface area contributed by atoms with Crippen LogP contribution in [0.3, 0.4) is 0 Å². The molecular weight excluding hydrogens is 326 g/mol.